The molecule has 9 aromatic rings. The van der Waals surface area contributed by atoms with Gasteiger partial charge in [-0.1, -0.05) is 34.6 Å². The zero-order valence-corrected chi connectivity index (χ0v) is 44.2. The summed E-state index contributed by atoms with van der Waals surface area (Å²) >= 11 is 2.38. The molecule has 0 spiro atoms. The van der Waals surface area contributed by atoms with Crippen LogP contribution in [0.4, 0.5) is 11.5 Å². The maximum absolute atomic E-state index is 9.30. The number of anilines is 2. The number of para-hydroxylation sites is 3. The number of hydrogen-bond donors (Lipinski definition) is 0. The molecule has 70 heavy (non-hydrogen) atoms. The van der Waals surface area contributed by atoms with Crippen molar-refractivity contribution in [3.63, 3.8) is 0 Å². The fraction of sp³-hybridized carbons (Fsp3) is 0.262. The molecular formula is C61H63BN6OPt. The monoisotopic (exact) mass is 1110 g/mol. The van der Waals surface area contributed by atoms with Gasteiger partial charge in [0.15, 0.2) is 0 Å². The first kappa shape index (κ1) is 41.3. The molecule has 4 heterocycles. The Balaban J connectivity index is 1.15. The van der Waals surface area contributed by atoms with Crippen LogP contribution in [0, 0.1) is 9.72 Å². The van der Waals surface area contributed by atoms with Crippen LogP contribution in [0.5, 0.6) is 11.5 Å². The summed E-state index contributed by atoms with van der Waals surface area (Å²) in [5.74, 6) is 2.54. The molecule has 0 atom stereocenters. The molecule has 6 aromatic carbocycles. The fourth-order valence-corrected chi connectivity index (χ4v) is 10.7. The van der Waals surface area contributed by atoms with E-state index in [1.165, 1.54) is 16.7 Å². The van der Waals surface area contributed by atoms with E-state index in [0.29, 0.717) is 28.7 Å². The first-order chi connectivity index (χ1) is 35.4. The van der Waals surface area contributed by atoms with Crippen LogP contribution in [0.2, 0.25) is 6.32 Å². The summed E-state index contributed by atoms with van der Waals surface area (Å²) in [5.41, 5.74) is 12.0. The third-order valence-electron chi connectivity index (χ3n) is 13.3. The van der Waals surface area contributed by atoms with Gasteiger partial charge in [-0.2, -0.15) is 5.10 Å². The molecule has 7 nitrogen and oxygen atoms in total. The molecule has 0 amide bonds. The summed E-state index contributed by atoms with van der Waals surface area (Å²) < 4.78 is 58.9. The zero-order valence-electron chi connectivity index (χ0n) is 47.0. The third-order valence-corrected chi connectivity index (χ3v) is 14.3. The van der Waals surface area contributed by atoms with E-state index < -0.39 is 6.04 Å². The number of ether oxygens (including phenoxy) is 1. The van der Waals surface area contributed by atoms with Crippen LogP contribution in [0.15, 0.2) is 164 Å². The molecule has 0 aliphatic carbocycles. The number of rotatable bonds is 9. The molecular weight excluding hydrogens is 1040 g/mol. The number of pyridine rings is 1. The first-order valence-electron chi connectivity index (χ1n) is 26.7. The molecule has 1 aliphatic rings. The van der Waals surface area contributed by atoms with Crippen molar-refractivity contribution in [1.82, 2.24) is 23.8 Å². The van der Waals surface area contributed by atoms with Crippen molar-refractivity contribution in [2.75, 3.05) is 4.81 Å². The van der Waals surface area contributed by atoms with Crippen LogP contribution >= 0.6 is 0 Å². The first-order valence-corrected chi connectivity index (χ1v) is 25.3. The van der Waals surface area contributed by atoms with E-state index in [1.54, 1.807) is 0 Å². The Kier molecular flexibility index (Phi) is 10.6. The van der Waals surface area contributed by atoms with E-state index in [0.717, 1.165) is 60.7 Å². The van der Waals surface area contributed by atoms with Crippen LogP contribution in [-0.2, 0) is 35.6 Å². The molecule has 3 aromatic heterocycles. The molecule has 1 aliphatic heterocycles. The second-order valence-electron chi connectivity index (χ2n) is 22.0. The topological polar surface area (TPSA) is 53.0 Å². The van der Waals surface area contributed by atoms with Gasteiger partial charge in [-0.3, -0.25) is 0 Å². The van der Waals surface area contributed by atoms with Crippen molar-refractivity contribution in [3.05, 3.63) is 184 Å². The Hall–Kier alpha value is -6.50. The second-order valence-corrected chi connectivity index (χ2v) is 23.0. The quantitative estimate of drug-likeness (QED) is 0.135. The molecule has 0 N–H and O–H groups in total. The van der Waals surface area contributed by atoms with Crippen LogP contribution in [0.3, 0.4) is 0 Å². The average molecular weight is 1110 g/mol. The van der Waals surface area contributed by atoms with Gasteiger partial charge in [-0.05, 0) is 23.0 Å². The van der Waals surface area contributed by atoms with Crippen LogP contribution < -0.4 is 9.55 Å². The minimum atomic E-state index is -0.432. The SMILES string of the molecule is [2H]c1c([2H])c([2H])c(-c2cccc(-c3cc(C(C)(C)C)cc(C(C)(C)C)c3)c2-n2[c](=[Pt])n(-c3cccc(Oc4ccc5c(c4)N(c4cc(C(C)(C)C)ccn4)B(CC(C)C)n4nccc4-5)c3)c3ccccc32)c([2H])c1[2H]. The number of aromatic nitrogens is 5. The normalized spacial score (nSPS) is 14.0. The molecule has 0 saturated carbocycles. The summed E-state index contributed by atoms with van der Waals surface area (Å²) in [4.78, 5) is 7.31. The maximum atomic E-state index is 9.30. The third kappa shape index (κ3) is 8.85. The van der Waals surface area contributed by atoms with Gasteiger partial charge in [0.2, 0.25) is 0 Å². The van der Waals surface area contributed by atoms with E-state index in [2.05, 4.69) is 187 Å². The minimum absolute atomic E-state index is 0.0803. The summed E-state index contributed by atoms with van der Waals surface area (Å²) in [5, 5.41) is 4.87. The van der Waals surface area contributed by atoms with Gasteiger partial charge in [0.1, 0.15) is 0 Å². The molecule has 0 unspecified atom stereocenters. The molecule has 356 valence electrons. The summed E-state index contributed by atoms with van der Waals surface area (Å²) in [6.45, 7) is 24.3. The van der Waals surface area contributed by atoms with E-state index in [1.807, 2.05) is 60.9 Å². The van der Waals surface area contributed by atoms with Gasteiger partial charge in [-0.15, -0.1) is 0 Å². The molecule has 0 radical (unpaired) electrons. The van der Waals surface area contributed by atoms with E-state index in [9.17, 15) is 2.74 Å². The zero-order chi connectivity index (χ0) is 53.6. The number of nitrogens with zero attached hydrogens (tertiary/aromatic N) is 6. The van der Waals surface area contributed by atoms with Gasteiger partial charge >= 0.3 is 359 Å². The predicted molar refractivity (Wildman–Crippen MR) is 288 cm³/mol. The number of fused-ring (bicyclic) bond motifs is 4. The Morgan fingerprint density at radius 1 is 0.614 bits per heavy atom. The summed E-state index contributed by atoms with van der Waals surface area (Å²) in [6.07, 6.45) is 4.64. The Labute approximate surface area is 432 Å². The average Bonchev–Trinajstić information content (AvgIpc) is 3.98. The van der Waals surface area contributed by atoms with Crippen molar-refractivity contribution in [2.45, 2.75) is 98.7 Å². The van der Waals surface area contributed by atoms with Crippen molar-refractivity contribution in [1.29, 1.82) is 0 Å². The van der Waals surface area contributed by atoms with Crippen LogP contribution in [0.1, 0.15) is 99.7 Å². The Bertz CT molecular complexity index is 3720. The number of hydrogen-bond acceptors (Lipinski definition) is 4. The molecule has 0 bridgehead atoms. The molecule has 10 rings (SSSR count). The van der Waals surface area contributed by atoms with Crippen molar-refractivity contribution in [2.24, 2.45) is 5.92 Å². The standard InChI is InChI=1S/C61H63BN6O.Pt/c1-41(2)39-62-67(57-36-44(29-31-63-57)59(3,4)5)56-38-49(27-28-52(56)53-30-32-64-68(53)62)69-48-22-17-21-47(37-48)65-40-66(55-26-16-15-25-54(55)65)58-50(42-19-13-12-14-20-42)23-18-24-51(58)43-33-45(60(6,7)8)35-46(34-43)61(9,10)11;/h12-38,41H,39H2,1-11H3;/i12D,13D,14D,19D,20D;. The molecule has 0 saturated heterocycles. The number of benzene rings is 6. The van der Waals surface area contributed by atoms with Crippen molar-refractivity contribution < 1.29 is 30.9 Å². The summed E-state index contributed by atoms with van der Waals surface area (Å²) in [6, 6.07) is 39.9. The fourth-order valence-electron chi connectivity index (χ4n) is 9.59. The van der Waals surface area contributed by atoms with Crippen molar-refractivity contribution in [3.8, 4) is 56.4 Å². The van der Waals surface area contributed by atoms with Gasteiger partial charge in [-0.25, -0.2) is 0 Å². The van der Waals surface area contributed by atoms with Gasteiger partial charge in [0.25, 0.3) is 0 Å². The second kappa shape index (κ2) is 18.0. The Morgan fingerprint density at radius 2 is 1.26 bits per heavy atom. The van der Waals surface area contributed by atoms with Gasteiger partial charge < -0.3 is 0 Å². The summed E-state index contributed by atoms with van der Waals surface area (Å²) in [7, 11) is 0. The predicted octanol–water partition coefficient (Wildman–Crippen LogP) is 15.9. The van der Waals surface area contributed by atoms with Gasteiger partial charge in [0, 0.05) is 12.4 Å². The van der Waals surface area contributed by atoms with E-state index in [-0.39, 0.29) is 53.0 Å². The van der Waals surface area contributed by atoms with E-state index >= 15 is 0 Å². The van der Waals surface area contributed by atoms with Crippen LogP contribution in [0.25, 0.3) is 55.9 Å². The number of imidazole rings is 1. The molecule has 0 fully saturated rings. The van der Waals surface area contributed by atoms with Crippen LogP contribution in [-0.4, -0.2) is 30.8 Å². The Morgan fingerprint density at radius 3 is 1.93 bits per heavy atom. The van der Waals surface area contributed by atoms with Crippen molar-refractivity contribution >= 4 is 29.5 Å². The van der Waals surface area contributed by atoms with E-state index in [4.69, 9.17) is 18.9 Å². The van der Waals surface area contributed by atoms with Gasteiger partial charge in [0.05, 0.1) is 0 Å². The molecule has 9 heteroatoms.